The Balaban J connectivity index is 2.13. The number of hydrogen-bond acceptors (Lipinski definition) is 3. The van der Waals surface area contributed by atoms with Gasteiger partial charge in [-0.2, -0.15) is 0 Å². The van der Waals surface area contributed by atoms with Gasteiger partial charge in [-0.3, -0.25) is 0 Å². The molecule has 1 saturated carbocycles. The summed E-state index contributed by atoms with van der Waals surface area (Å²) in [5.41, 5.74) is 0. The molecule has 0 N–H and O–H groups in total. The van der Waals surface area contributed by atoms with Crippen LogP contribution in [0.1, 0.15) is 39.5 Å². The van der Waals surface area contributed by atoms with Crippen molar-refractivity contribution in [2.24, 2.45) is 0 Å². The van der Waals surface area contributed by atoms with Crippen LogP contribution in [-0.4, -0.2) is 20.2 Å². The van der Waals surface area contributed by atoms with E-state index < -0.39 is 0 Å². The number of aromatic nitrogens is 4. The summed E-state index contributed by atoms with van der Waals surface area (Å²) in [6.45, 7) is 0. The lowest BCUT2D eigenvalue weighted by molar-refractivity contribution is 0.324. The third-order valence-corrected chi connectivity index (χ3v) is 2.25. The number of nitrogens with zero attached hydrogens (tertiary/aromatic N) is 4. The van der Waals surface area contributed by atoms with Crippen LogP contribution in [0.2, 0.25) is 0 Å². The summed E-state index contributed by atoms with van der Waals surface area (Å²) >= 11 is 0. The second-order valence-electron chi connectivity index (χ2n) is 3.02. The van der Waals surface area contributed by atoms with Crippen molar-refractivity contribution in [3.8, 4) is 0 Å². The van der Waals surface area contributed by atoms with Crippen molar-refractivity contribution in [2.45, 2.75) is 38.1 Å². The van der Waals surface area contributed by atoms with Gasteiger partial charge in [0.2, 0.25) is 0 Å². The summed E-state index contributed by atoms with van der Waals surface area (Å²) in [6.07, 6.45) is 6.23. The van der Waals surface area contributed by atoms with Gasteiger partial charge in [-0.25, -0.2) is 4.68 Å². The van der Waals surface area contributed by atoms with E-state index in [1.165, 1.54) is 19.3 Å². The SMILES string of the molecule is [2H]c1nnnn1C1CCCCC1. The Hall–Kier alpha value is -0.930. The molecule has 1 aliphatic rings. The molecule has 0 aromatic carbocycles. The molecule has 1 fully saturated rings. The minimum absolute atomic E-state index is 0.196. The first-order chi connectivity index (χ1) is 5.88. The molecule has 0 aliphatic heterocycles. The monoisotopic (exact) mass is 153 g/mol. The molecule has 0 saturated heterocycles. The quantitative estimate of drug-likeness (QED) is 0.608. The summed E-state index contributed by atoms with van der Waals surface area (Å²) in [7, 11) is 0. The fourth-order valence-corrected chi connectivity index (χ4v) is 1.63. The van der Waals surface area contributed by atoms with E-state index in [9.17, 15) is 0 Å². The predicted molar refractivity (Wildman–Crippen MR) is 39.9 cm³/mol. The molecule has 1 aromatic rings. The lowest BCUT2D eigenvalue weighted by Gasteiger charge is -2.20. The van der Waals surface area contributed by atoms with Crippen molar-refractivity contribution in [3.63, 3.8) is 0 Å². The Kier molecular flexibility index (Phi) is 1.54. The van der Waals surface area contributed by atoms with E-state index in [-0.39, 0.29) is 6.30 Å². The molecule has 0 bridgehead atoms. The van der Waals surface area contributed by atoms with Crippen molar-refractivity contribution in [3.05, 3.63) is 6.30 Å². The second-order valence-corrected chi connectivity index (χ2v) is 3.02. The highest BCUT2D eigenvalue weighted by Crippen LogP contribution is 2.26. The van der Waals surface area contributed by atoms with Gasteiger partial charge in [-0.15, -0.1) is 5.10 Å². The van der Waals surface area contributed by atoms with Crippen molar-refractivity contribution < 1.29 is 1.37 Å². The van der Waals surface area contributed by atoms with E-state index in [1.807, 2.05) is 0 Å². The van der Waals surface area contributed by atoms with Gasteiger partial charge in [-0.05, 0) is 23.3 Å². The second kappa shape index (κ2) is 2.98. The van der Waals surface area contributed by atoms with E-state index in [1.54, 1.807) is 4.68 Å². The first-order valence-electron chi connectivity index (χ1n) is 4.62. The van der Waals surface area contributed by atoms with E-state index in [0.29, 0.717) is 6.04 Å². The van der Waals surface area contributed by atoms with Crippen molar-refractivity contribution in [1.29, 1.82) is 0 Å². The smallest absolute Gasteiger partial charge is 0.138 e. The lowest BCUT2D eigenvalue weighted by Crippen LogP contribution is -2.13. The summed E-state index contributed by atoms with van der Waals surface area (Å²) in [4.78, 5) is 0. The topological polar surface area (TPSA) is 43.6 Å². The van der Waals surface area contributed by atoms with Gasteiger partial charge in [-0.1, -0.05) is 19.3 Å². The maximum atomic E-state index is 7.41. The first-order valence-corrected chi connectivity index (χ1v) is 4.12. The normalized spacial score (nSPS) is 21.6. The van der Waals surface area contributed by atoms with Crippen LogP contribution in [0, 0.1) is 0 Å². The molecule has 2 rings (SSSR count). The average Bonchev–Trinajstić information content (AvgIpc) is 2.53. The summed E-state index contributed by atoms with van der Waals surface area (Å²) in [6, 6.07) is 0.376. The van der Waals surface area contributed by atoms with E-state index in [2.05, 4.69) is 15.5 Å². The molecule has 0 unspecified atom stereocenters. The molecule has 1 aliphatic carbocycles. The van der Waals surface area contributed by atoms with Gasteiger partial charge in [0.15, 0.2) is 0 Å². The average molecular weight is 153 g/mol. The van der Waals surface area contributed by atoms with Crippen molar-refractivity contribution in [1.82, 2.24) is 20.2 Å². The van der Waals surface area contributed by atoms with Crippen LogP contribution in [0.15, 0.2) is 6.30 Å². The van der Waals surface area contributed by atoms with Crippen LogP contribution >= 0.6 is 0 Å². The Morgan fingerprint density at radius 3 is 2.82 bits per heavy atom. The lowest BCUT2D eigenvalue weighted by atomic mass is 9.96. The van der Waals surface area contributed by atoms with Gasteiger partial charge in [0.25, 0.3) is 0 Å². The van der Waals surface area contributed by atoms with Crippen LogP contribution in [0.25, 0.3) is 0 Å². The van der Waals surface area contributed by atoms with Crippen LogP contribution in [0.3, 0.4) is 0 Å². The molecule has 4 heteroatoms. The van der Waals surface area contributed by atoms with Gasteiger partial charge in [0.1, 0.15) is 7.67 Å². The Labute approximate surface area is 67.0 Å². The van der Waals surface area contributed by atoms with Crippen LogP contribution in [-0.2, 0) is 0 Å². The molecule has 11 heavy (non-hydrogen) atoms. The molecule has 1 heterocycles. The standard InChI is InChI=1S/C7H12N4/c1-2-4-7(5-3-1)11-6-8-9-10-11/h6-7H,1-5H2/i6D. The molecule has 4 nitrogen and oxygen atoms in total. The molecular formula is C7H12N4. The number of tetrazole rings is 1. The Morgan fingerprint density at radius 2 is 2.18 bits per heavy atom. The molecule has 0 amide bonds. The number of hydrogen-bond donors (Lipinski definition) is 0. The zero-order chi connectivity index (χ0) is 8.39. The predicted octanol–water partition coefficient (Wildman–Crippen LogP) is 1.18. The Morgan fingerprint density at radius 1 is 1.36 bits per heavy atom. The fourth-order valence-electron chi connectivity index (χ4n) is 1.63. The van der Waals surface area contributed by atoms with Crippen molar-refractivity contribution >= 4 is 0 Å². The molecule has 0 atom stereocenters. The summed E-state index contributed by atoms with van der Waals surface area (Å²) in [5, 5.41) is 10.8. The summed E-state index contributed by atoms with van der Waals surface area (Å²) in [5.74, 6) is 0. The molecule has 1 aromatic heterocycles. The van der Waals surface area contributed by atoms with E-state index in [4.69, 9.17) is 1.37 Å². The summed E-state index contributed by atoms with van der Waals surface area (Å²) < 4.78 is 9.05. The van der Waals surface area contributed by atoms with Crippen LogP contribution in [0.5, 0.6) is 0 Å². The van der Waals surface area contributed by atoms with Gasteiger partial charge in [0.05, 0.1) is 6.04 Å². The zero-order valence-electron chi connectivity index (χ0n) is 7.40. The highest BCUT2D eigenvalue weighted by atomic mass is 15.5. The van der Waals surface area contributed by atoms with E-state index in [0.717, 1.165) is 12.8 Å². The fraction of sp³-hybridized carbons (Fsp3) is 0.857. The van der Waals surface area contributed by atoms with Crippen LogP contribution < -0.4 is 0 Å². The molecule has 0 spiro atoms. The highest BCUT2D eigenvalue weighted by molar-refractivity contribution is 4.69. The third-order valence-electron chi connectivity index (χ3n) is 2.25. The van der Waals surface area contributed by atoms with Crippen LogP contribution in [0.4, 0.5) is 0 Å². The largest absolute Gasteiger partial charge is 0.229 e. The third kappa shape index (κ3) is 1.39. The van der Waals surface area contributed by atoms with Gasteiger partial charge < -0.3 is 0 Å². The Bertz CT molecular complexity index is 254. The molecule has 0 radical (unpaired) electrons. The number of rotatable bonds is 1. The maximum absolute atomic E-state index is 7.41. The minimum atomic E-state index is 0.196. The van der Waals surface area contributed by atoms with Gasteiger partial charge in [0, 0.05) is 0 Å². The highest BCUT2D eigenvalue weighted by Gasteiger charge is 2.15. The van der Waals surface area contributed by atoms with Crippen molar-refractivity contribution in [2.75, 3.05) is 0 Å². The first kappa shape index (κ1) is 5.69. The van der Waals surface area contributed by atoms with Gasteiger partial charge >= 0.3 is 0 Å². The maximum Gasteiger partial charge on any atom is 0.138 e. The minimum Gasteiger partial charge on any atom is -0.229 e. The molecular weight excluding hydrogens is 140 g/mol. The zero-order valence-corrected chi connectivity index (χ0v) is 6.40. The molecule has 60 valence electrons. The van der Waals surface area contributed by atoms with E-state index >= 15 is 0 Å².